The number of carbonyl (C=O) groups excluding carboxylic acids is 2. The lowest BCUT2D eigenvalue weighted by molar-refractivity contribution is -0.128. The summed E-state index contributed by atoms with van der Waals surface area (Å²) in [6, 6.07) is 16.0. The second-order valence-corrected chi connectivity index (χ2v) is 5.76. The first kappa shape index (κ1) is 15.8. The first-order valence-corrected chi connectivity index (χ1v) is 7.84. The quantitative estimate of drug-likeness (QED) is 0.941. The van der Waals surface area contributed by atoms with Crippen LogP contribution in [0.1, 0.15) is 34.3 Å². The number of nitrogens with zero attached hydrogens (tertiary/aromatic N) is 2. The molecule has 2 amide bonds. The number of likely N-dealkylation sites (tertiary alicyclic amines) is 1. The van der Waals surface area contributed by atoms with E-state index in [1.807, 2.05) is 29.2 Å². The van der Waals surface area contributed by atoms with Crippen molar-refractivity contribution < 1.29 is 9.59 Å². The predicted molar refractivity (Wildman–Crippen MR) is 90.2 cm³/mol. The Kier molecular flexibility index (Phi) is 4.57. The van der Waals surface area contributed by atoms with Gasteiger partial charge in [-0.1, -0.05) is 12.1 Å². The lowest BCUT2D eigenvalue weighted by Crippen LogP contribution is -2.24. The van der Waals surface area contributed by atoms with Crippen molar-refractivity contribution in [2.24, 2.45) is 0 Å². The Hall–Kier alpha value is -3.13. The van der Waals surface area contributed by atoms with Crippen LogP contribution in [0.15, 0.2) is 48.5 Å². The van der Waals surface area contributed by atoms with Crippen LogP contribution in [0.3, 0.4) is 0 Å². The van der Waals surface area contributed by atoms with Gasteiger partial charge in [0.1, 0.15) is 0 Å². The number of nitriles is 1. The molecule has 1 aliphatic heterocycles. The van der Waals surface area contributed by atoms with Crippen molar-refractivity contribution in [2.45, 2.75) is 19.4 Å². The van der Waals surface area contributed by atoms with Gasteiger partial charge in [0.05, 0.1) is 11.6 Å². The van der Waals surface area contributed by atoms with Crippen molar-refractivity contribution in [3.63, 3.8) is 0 Å². The van der Waals surface area contributed by atoms with Gasteiger partial charge in [-0.25, -0.2) is 0 Å². The molecule has 24 heavy (non-hydrogen) atoms. The Morgan fingerprint density at radius 1 is 1.21 bits per heavy atom. The standard InChI is InChI=1S/C19H17N3O2/c20-12-14-6-8-17(9-7-14)21-19(24)16-4-1-3-15(11-16)13-22-10-2-5-18(22)23/h1,3-4,6-9,11H,2,5,10,13H2,(H,21,24). The molecule has 0 spiro atoms. The average Bonchev–Trinajstić information content (AvgIpc) is 3.00. The van der Waals surface area contributed by atoms with Crippen molar-refractivity contribution >= 4 is 17.5 Å². The first-order valence-electron chi connectivity index (χ1n) is 7.84. The zero-order valence-corrected chi connectivity index (χ0v) is 13.2. The van der Waals surface area contributed by atoms with Gasteiger partial charge in [0.2, 0.25) is 5.91 Å². The summed E-state index contributed by atoms with van der Waals surface area (Å²) in [5.74, 6) is -0.0447. The lowest BCUT2D eigenvalue weighted by atomic mass is 10.1. The van der Waals surface area contributed by atoms with E-state index in [-0.39, 0.29) is 11.8 Å². The molecule has 0 aromatic heterocycles. The normalized spacial score (nSPS) is 13.6. The molecule has 0 saturated carbocycles. The molecule has 1 aliphatic rings. The van der Waals surface area contributed by atoms with Crippen LogP contribution in [0.2, 0.25) is 0 Å². The van der Waals surface area contributed by atoms with E-state index >= 15 is 0 Å². The topological polar surface area (TPSA) is 73.2 Å². The first-order chi connectivity index (χ1) is 11.7. The van der Waals surface area contributed by atoms with Gasteiger partial charge in [0, 0.05) is 30.8 Å². The van der Waals surface area contributed by atoms with Gasteiger partial charge in [-0.3, -0.25) is 9.59 Å². The van der Waals surface area contributed by atoms with Crippen LogP contribution in [-0.4, -0.2) is 23.3 Å². The van der Waals surface area contributed by atoms with Crippen molar-refractivity contribution in [1.29, 1.82) is 5.26 Å². The Balaban J connectivity index is 1.69. The third-order valence-electron chi connectivity index (χ3n) is 4.01. The minimum Gasteiger partial charge on any atom is -0.338 e. The fourth-order valence-electron chi connectivity index (χ4n) is 2.73. The number of nitrogens with one attached hydrogen (secondary N) is 1. The summed E-state index contributed by atoms with van der Waals surface area (Å²) in [7, 11) is 0. The minimum atomic E-state index is -0.214. The van der Waals surface area contributed by atoms with E-state index < -0.39 is 0 Å². The average molecular weight is 319 g/mol. The molecular weight excluding hydrogens is 302 g/mol. The summed E-state index contributed by atoms with van der Waals surface area (Å²) in [6.45, 7) is 1.32. The van der Waals surface area contributed by atoms with E-state index in [9.17, 15) is 9.59 Å². The number of rotatable bonds is 4. The Morgan fingerprint density at radius 3 is 2.67 bits per heavy atom. The maximum absolute atomic E-state index is 12.4. The summed E-state index contributed by atoms with van der Waals surface area (Å²) in [4.78, 5) is 25.9. The second kappa shape index (κ2) is 6.97. The highest BCUT2D eigenvalue weighted by Gasteiger charge is 2.20. The van der Waals surface area contributed by atoms with Gasteiger partial charge in [0.15, 0.2) is 0 Å². The molecule has 5 heteroatoms. The molecule has 2 aromatic rings. The maximum Gasteiger partial charge on any atom is 0.255 e. The predicted octanol–water partition coefficient (Wildman–Crippen LogP) is 2.93. The van der Waals surface area contributed by atoms with Crippen LogP contribution in [0, 0.1) is 11.3 Å². The van der Waals surface area contributed by atoms with Crippen LogP contribution in [0.25, 0.3) is 0 Å². The van der Waals surface area contributed by atoms with Crippen LogP contribution in [0.4, 0.5) is 5.69 Å². The van der Waals surface area contributed by atoms with E-state index in [1.54, 1.807) is 30.3 Å². The van der Waals surface area contributed by atoms with Gasteiger partial charge >= 0.3 is 0 Å². The van der Waals surface area contributed by atoms with Crippen molar-refractivity contribution in [2.75, 3.05) is 11.9 Å². The van der Waals surface area contributed by atoms with Crippen molar-refractivity contribution in [3.8, 4) is 6.07 Å². The molecule has 1 N–H and O–H groups in total. The molecule has 0 bridgehead atoms. The molecule has 5 nitrogen and oxygen atoms in total. The molecule has 0 atom stereocenters. The lowest BCUT2D eigenvalue weighted by Gasteiger charge is -2.16. The van der Waals surface area contributed by atoms with E-state index in [2.05, 4.69) is 5.32 Å². The largest absolute Gasteiger partial charge is 0.338 e. The van der Waals surface area contributed by atoms with E-state index in [4.69, 9.17) is 5.26 Å². The number of hydrogen-bond donors (Lipinski definition) is 1. The van der Waals surface area contributed by atoms with E-state index in [1.165, 1.54) is 0 Å². The summed E-state index contributed by atoms with van der Waals surface area (Å²) in [5.41, 5.74) is 2.67. The SMILES string of the molecule is N#Cc1ccc(NC(=O)c2cccc(CN3CCCC3=O)c2)cc1. The van der Waals surface area contributed by atoms with Crippen LogP contribution >= 0.6 is 0 Å². The highest BCUT2D eigenvalue weighted by atomic mass is 16.2. The van der Waals surface area contributed by atoms with Crippen molar-refractivity contribution in [3.05, 3.63) is 65.2 Å². The fourth-order valence-corrected chi connectivity index (χ4v) is 2.73. The highest BCUT2D eigenvalue weighted by Crippen LogP contribution is 2.16. The molecule has 1 fully saturated rings. The van der Waals surface area contributed by atoms with Gasteiger partial charge < -0.3 is 10.2 Å². The molecule has 0 unspecified atom stereocenters. The fraction of sp³-hybridized carbons (Fsp3) is 0.211. The zero-order valence-electron chi connectivity index (χ0n) is 13.2. The Morgan fingerprint density at radius 2 is 2.00 bits per heavy atom. The molecule has 120 valence electrons. The van der Waals surface area contributed by atoms with Gasteiger partial charge in [-0.05, 0) is 48.4 Å². The van der Waals surface area contributed by atoms with Gasteiger partial charge in [-0.2, -0.15) is 5.26 Å². The summed E-state index contributed by atoms with van der Waals surface area (Å²) < 4.78 is 0. The van der Waals surface area contributed by atoms with Crippen LogP contribution < -0.4 is 5.32 Å². The molecular formula is C19H17N3O2. The smallest absolute Gasteiger partial charge is 0.255 e. The maximum atomic E-state index is 12.4. The van der Waals surface area contributed by atoms with Crippen LogP contribution in [0.5, 0.6) is 0 Å². The third-order valence-corrected chi connectivity index (χ3v) is 4.01. The third kappa shape index (κ3) is 3.61. The van der Waals surface area contributed by atoms with Gasteiger partial charge in [-0.15, -0.1) is 0 Å². The van der Waals surface area contributed by atoms with Crippen LogP contribution in [-0.2, 0) is 11.3 Å². The van der Waals surface area contributed by atoms with E-state index in [0.717, 1.165) is 18.5 Å². The number of amides is 2. The number of benzene rings is 2. The minimum absolute atomic E-state index is 0.169. The second-order valence-electron chi connectivity index (χ2n) is 5.76. The molecule has 0 radical (unpaired) electrons. The zero-order chi connectivity index (χ0) is 16.9. The highest BCUT2D eigenvalue weighted by molar-refractivity contribution is 6.04. The number of anilines is 1. The Labute approximate surface area is 140 Å². The molecule has 0 aliphatic carbocycles. The van der Waals surface area contributed by atoms with Gasteiger partial charge in [0.25, 0.3) is 5.91 Å². The Bertz CT molecular complexity index is 806. The summed E-state index contributed by atoms with van der Waals surface area (Å²) in [5, 5.41) is 11.6. The molecule has 3 rings (SSSR count). The van der Waals surface area contributed by atoms with E-state index in [0.29, 0.717) is 29.8 Å². The molecule has 1 saturated heterocycles. The van der Waals surface area contributed by atoms with Crippen molar-refractivity contribution in [1.82, 2.24) is 4.90 Å². The number of carbonyl (C=O) groups is 2. The summed E-state index contributed by atoms with van der Waals surface area (Å²) >= 11 is 0. The molecule has 1 heterocycles. The molecule has 2 aromatic carbocycles. The monoisotopic (exact) mass is 319 g/mol. The summed E-state index contributed by atoms with van der Waals surface area (Å²) in [6.07, 6.45) is 1.51. The number of hydrogen-bond acceptors (Lipinski definition) is 3.